The van der Waals surface area contributed by atoms with Crippen LogP contribution in [-0.4, -0.2) is 58.9 Å². The minimum Gasteiger partial charge on any atom is -0.349 e. The highest BCUT2D eigenvalue weighted by Gasteiger charge is 2.56. The van der Waals surface area contributed by atoms with Crippen molar-refractivity contribution in [3.05, 3.63) is 30.1 Å². The van der Waals surface area contributed by atoms with Gasteiger partial charge in [0.1, 0.15) is 0 Å². The van der Waals surface area contributed by atoms with Gasteiger partial charge in [0, 0.05) is 50.2 Å². The Bertz CT molecular complexity index is 592. The molecular formula is C18H26N4O2. The van der Waals surface area contributed by atoms with Crippen molar-refractivity contribution in [2.75, 3.05) is 26.2 Å². The van der Waals surface area contributed by atoms with Gasteiger partial charge < -0.3 is 15.1 Å². The Morgan fingerprint density at radius 1 is 1.25 bits per heavy atom. The first-order valence-corrected chi connectivity index (χ1v) is 8.84. The largest absolute Gasteiger partial charge is 0.349 e. The van der Waals surface area contributed by atoms with Crippen molar-refractivity contribution in [2.24, 2.45) is 5.41 Å². The summed E-state index contributed by atoms with van der Waals surface area (Å²) in [6.45, 7) is 7.11. The topological polar surface area (TPSA) is 65.5 Å². The minimum atomic E-state index is -0.0269. The number of carbonyl (C=O) groups is 2. The molecule has 6 nitrogen and oxygen atoms in total. The first kappa shape index (κ1) is 16.7. The first-order valence-electron chi connectivity index (χ1n) is 8.84. The lowest BCUT2D eigenvalue weighted by atomic mass is 9.92. The number of nitrogens with one attached hydrogen (secondary N) is 1. The van der Waals surface area contributed by atoms with E-state index in [1.165, 1.54) is 0 Å². The van der Waals surface area contributed by atoms with Gasteiger partial charge in [-0.15, -0.1) is 0 Å². The van der Waals surface area contributed by atoms with E-state index in [1.54, 1.807) is 24.5 Å². The lowest BCUT2D eigenvalue weighted by molar-refractivity contribution is 0.0932. The summed E-state index contributed by atoms with van der Waals surface area (Å²) < 4.78 is 0. The average Bonchev–Trinajstić information content (AvgIpc) is 3.28. The Labute approximate surface area is 143 Å². The predicted molar refractivity (Wildman–Crippen MR) is 91.7 cm³/mol. The summed E-state index contributed by atoms with van der Waals surface area (Å²) in [6, 6.07) is 3.85. The van der Waals surface area contributed by atoms with Crippen molar-refractivity contribution in [2.45, 2.75) is 39.2 Å². The molecule has 24 heavy (non-hydrogen) atoms. The molecule has 0 aromatic carbocycles. The van der Waals surface area contributed by atoms with E-state index in [9.17, 15) is 9.59 Å². The third-order valence-corrected chi connectivity index (χ3v) is 5.50. The highest BCUT2D eigenvalue weighted by Crippen LogP contribution is 2.54. The molecule has 1 atom stereocenters. The van der Waals surface area contributed by atoms with Gasteiger partial charge in [-0.1, -0.05) is 0 Å². The lowest BCUT2D eigenvalue weighted by Crippen LogP contribution is -2.47. The highest BCUT2D eigenvalue weighted by atomic mass is 16.2. The van der Waals surface area contributed by atoms with Crippen molar-refractivity contribution < 1.29 is 9.59 Å². The zero-order valence-corrected chi connectivity index (χ0v) is 14.5. The van der Waals surface area contributed by atoms with Crippen LogP contribution in [0.15, 0.2) is 24.5 Å². The summed E-state index contributed by atoms with van der Waals surface area (Å²) in [7, 11) is 0. The summed E-state index contributed by atoms with van der Waals surface area (Å²) in [5, 5.41) is 3.14. The van der Waals surface area contributed by atoms with E-state index in [0.717, 1.165) is 45.4 Å². The molecule has 2 fully saturated rings. The molecule has 2 aliphatic rings. The number of carbonyl (C=O) groups excluding carboxylic acids is 2. The first-order chi connectivity index (χ1) is 11.6. The number of nitrogens with zero attached hydrogens (tertiary/aromatic N) is 3. The van der Waals surface area contributed by atoms with Crippen LogP contribution in [0.2, 0.25) is 0 Å². The predicted octanol–water partition coefficient (Wildman–Crippen LogP) is 2.13. The number of likely N-dealkylation sites (tertiary alicyclic amines) is 1. The van der Waals surface area contributed by atoms with Crippen molar-refractivity contribution in [1.82, 2.24) is 20.1 Å². The molecule has 1 aliphatic carbocycles. The van der Waals surface area contributed by atoms with E-state index in [1.807, 2.05) is 23.6 Å². The van der Waals surface area contributed by atoms with Gasteiger partial charge in [-0.2, -0.15) is 0 Å². The van der Waals surface area contributed by atoms with E-state index >= 15 is 0 Å². The van der Waals surface area contributed by atoms with Crippen molar-refractivity contribution in [1.29, 1.82) is 0 Å². The van der Waals surface area contributed by atoms with E-state index in [4.69, 9.17) is 0 Å². The van der Waals surface area contributed by atoms with E-state index < -0.39 is 0 Å². The number of amides is 3. The van der Waals surface area contributed by atoms with Crippen LogP contribution in [0, 0.1) is 5.41 Å². The molecular weight excluding hydrogens is 304 g/mol. The molecule has 1 aromatic heterocycles. The third-order valence-electron chi connectivity index (χ3n) is 5.50. The summed E-state index contributed by atoms with van der Waals surface area (Å²) in [5.41, 5.74) is 0.851. The summed E-state index contributed by atoms with van der Waals surface area (Å²) in [5.74, 6) is -0.0269. The number of rotatable bonds is 4. The second kappa shape index (κ2) is 6.79. The maximum Gasteiger partial charge on any atom is 0.319 e. The number of aromatic nitrogens is 1. The Balaban J connectivity index is 1.51. The second-order valence-corrected chi connectivity index (χ2v) is 6.77. The molecule has 3 rings (SSSR count). The number of pyridine rings is 1. The van der Waals surface area contributed by atoms with Crippen LogP contribution in [0.4, 0.5) is 4.79 Å². The summed E-state index contributed by atoms with van der Waals surface area (Å²) in [6.07, 6.45) is 6.24. The van der Waals surface area contributed by atoms with Crippen LogP contribution in [0.1, 0.15) is 43.5 Å². The molecule has 0 radical (unpaired) electrons. The zero-order valence-electron chi connectivity index (χ0n) is 14.5. The van der Waals surface area contributed by atoms with Crippen molar-refractivity contribution in [3.8, 4) is 0 Å². The normalized spacial score (nSPS) is 21.4. The smallest absolute Gasteiger partial charge is 0.319 e. The van der Waals surface area contributed by atoms with Crippen molar-refractivity contribution in [3.63, 3.8) is 0 Å². The number of urea groups is 1. The summed E-state index contributed by atoms with van der Waals surface area (Å²) in [4.78, 5) is 32.4. The van der Waals surface area contributed by atoms with Gasteiger partial charge in [0.05, 0.1) is 0 Å². The van der Waals surface area contributed by atoms with Crippen LogP contribution < -0.4 is 5.32 Å². The van der Waals surface area contributed by atoms with Gasteiger partial charge in [-0.3, -0.25) is 9.78 Å². The molecule has 1 saturated carbocycles. The Morgan fingerprint density at radius 3 is 2.46 bits per heavy atom. The van der Waals surface area contributed by atoms with Gasteiger partial charge in [-0.25, -0.2) is 4.79 Å². The van der Waals surface area contributed by atoms with Crippen LogP contribution in [0.5, 0.6) is 0 Å². The molecule has 1 spiro atoms. The molecule has 130 valence electrons. The van der Waals surface area contributed by atoms with Crippen LogP contribution in [0.3, 0.4) is 0 Å². The third kappa shape index (κ3) is 3.23. The number of hydrogen-bond acceptors (Lipinski definition) is 3. The second-order valence-electron chi connectivity index (χ2n) is 6.77. The van der Waals surface area contributed by atoms with Crippen LogP contribution in [-0.2, 0) is 0 Å². The minimum absolute atomic E-state index is 0.0269. The maximum atomic E-state index is 12.4. The zero-order chi connectivity index (χ0) is 17.2. The number of hydrogen-bond donors (Lipinski definition) is 1. The van der Waals surface area contributed by atoms with Gasteiger partial charge in [0.25, 0.3) is 5.91 Å². The van der Waals surface area contributed by atoms with Crippen LogP contribution in [0.25, 0.3) is 0 Å². The Hall–Kier alpha value is -2.11. The molecule has 2 heterocycles. The quantitative estimate of drug-likeness (QED) is 0.920. The monoisotopic (exact) mass is 330 g/mol. The fourth-order valence-electron chi connectivity index (χ4n) is 3.69. The van der Waals surface area contributed by atoms with E-state index in [-0.39, 0.29) is 23.4 Å². The standard InChI is InChI=1S/C18H26N4O2/c1-3-21(4-2)17(24)22-11-7-18(8-12-22)13-15(18)20-16(23)14-5-9-19-10-6-14/h5-6,9-10,15H,3-4,7-8,11-13H2,1-2H3,(H,20,23). The fourth-order valence-corrected chi connectivity index (χ4v) is 3.69. The molecule has 6 heteroatoms. The fraction of sp³-hybridized carbons (Fsp3) is 0.611. The molecule has 1 aromatic rings. The molecule has 1 unspecified atom stereocenters. The van der Waals surface area contributed by atoms with Gasteiger partial charge in [0.15, 0.2) is 0 Å². The lowest BCUT2D eigenvalue weighted by Gasteiger charge is -2.36. The highest BCUT2D eigenvalue weighted by molar-refractivity contribution is 5.94. The van der Waals surface area contributed by atoms with Gasteiger partial charge in [0.2, 0.25) is 0 Å². The Morgan fingerprint density at radius 2 is 1.88 bits per heavy atom. The van der Waals surface area contributed by atoms with E-state index in [0.29, 0.717) is 5.56 Å². The van der Waals surface area contributed by atoms with Gasteiger partial charge in [-0.05, 0) is 50.7 Å². The molecule has 1 N–H and O–H groups in total. The summed E-state index contributed by atoms with van der Waals surface area (Å²) >= 11 is 0. The SMILES string of the molecule is CCN(CC)C(=O)N1CCC2(CC1)CC2NC(=O)c1ccncc1. The maximum absolute atomic E-state index is 12.4. The van der Waals surface area contributed by atoms with Crippen molar-refractivity contribution >= 4 is 11.9 Å². The van der Waals surface area contributed by atoms with Crippen LogP contribution >= 0.6 is 0 Å². The average molecular weight is 330 g/mol. The van der Waals surface area contributed by atoms with Gasteiger partial charge >= 0.3 is 6.03 Å². The molecule has 1 aliphatic heterocycles. The number of piperidine rings is 1. The molecule has 3 amide bonds. The Kier molecular flexibility index (Phi) is 4.73. The molecule has 1 saturated heterocycles. The van der Waals surface area contributed by atoms with E-state index in [2.05, 4.69) is 10.3 Å². The molecule has 0 bridgehead atoms.